The predicted molar refractivity (Wildman–Crippen MR) is 130 cm³/mol. The van der Waals surface area contributed by atoms with Crippen molar-refractivity contribution in [3.05, 3.63) is 88.1 Å². The molecule has 3 heterocycles. The average Bonchev–Trinajstić information content (AvgIpc) is 3.24. The Hall–Kier alpha value is -3.50. The SMILES string of the molecule is COCCOC(=O)C1=C(C)N=C2SC=C(CC(=O)NCc3cccnc3)N2C1c1cccc(F)c1. The quantitative estimate of drug-likeness (QED) is 0.418. The Bertz CT molecular complexity index is 1200. The van der Waals surface area contributed by atoms with Gasteiger partial charge in [-0.15, -0.1) is 0 Å². The van der Waals surface area contributed by atoms with Crippen molar-refractivity contribution in [2.75, 3.05) is 20.3 Å². The van der Waals surface area contributed by atoms with Gasteiger partial charge in [0, 0.05) is 31.7 Å². The number of nitrogens with zero attached hydrogens (tertiary/aromatic N) is 3. The van der Waals surface area contributed by atoms with Crippen LogP contribution in [0.3, 0.4) is 0 Å². The highest BCUT2D eigenvalue weighted by Crippen LogP contribution is 2.44. The van der Waals surface area contributed by atoms with Crippen molar-refractivity contribution in [2.24, 2.45) is 4.99 Å². The summed E-state index contributed by atoms with van der Waals surface area (Å²) in [6, 6.07) is 9.05. The van der Waals surface area contributed by atoms with E-state index in [9.17, 15) is 14.0 Å². The number of fused-ring (bicyclic) bond motifs is 1. The monoisotopic (exact) mass is 496 g/mol. The number of aromatic nitrogens is 1. The maximum atomic E-state index is 14.2. The summed E-state index contributed by atoms with van der Waals surface area (Å²) in [6.07, 6.45) is 3.42. The van der Waals surface area contributed by atoms with Gasteiger partial charge in [0.05, 0.1) is 30.3 Å². The number of esters is 1. The lowest BCUT2D eigenvalue weighted by atomic mass is 9.93. The van der Waals surface area contributed by atoms with E-state index >= 15 is 0 Å². The van der Waals surface area contributed by atoms with Gasteiger partial charge in [0.2, 0.25) is 5.91 Å². The first-order chi connectivity index (χ1) is 17.0. The van der Waals surface area contributed by atoms with Crippen molar-refractivity contribution in [3.8, 4) is 0 Å². The number of hydrogen-bond donors (Lipinski definition) is 1. The van der Waals surface area contributed by atoms with Crippen LogP contribution in [0.2, 0.25) is 0 Å². The second-order valence-electron chi connectivity index (χ2n) is 7.89. The van der Waals surface area contributed by atoms with Gasteiger partial charge in [-0.2, -0.15) is 0 Å². The fraction of sp³-hybridized carbons (Fsp3) is 0.280. The number of amidine groups is 1. The molecular weight excluding hydrogens is 471 g/mol. The number of allylic oxidation sites excluding steroid dienone is 1. The Morgan fingerprint density at radius 2 is 2.09 bits per heavy atom. The van der Waals surface area contributed by atoms with E-state index in [-0.39, 0.29) is 25.5 Å². The number of carbonyl (C=O) groups is 2. The van der Waals surface area contributed by atoms with Crippen molar-refractivity contribution in [3.63, 3.8) is 0 Å². The standard InChI is InChI=1S/C25H25FN4O4S/c1-16-22(24(32)34-10-9-33-2)23(18-6-3-7-19(26)11-18)30-20(15-35-25(30)29-16)12-21(31)28-14-17-5-4-8-27-13-17/h3-8,11,13,15,23H,9-10,12,14H2,1-2H3,(H,28,31). The van der Waals surface area contributed by atoms with Crippen LogP contribution in [0.5, 0.6) is 0 Å². The van der Waals surface area contributed by atoms with E-state index in [1.807, 2.05) is 16.4 Å². The van der Waals surface area contributed by atoms with Crippen molar-refractivity contribution >= 4 is 28.8 Å². The molecule has 1 aromatic carbocycles. The molecule has 2 aromatic rings. The fourth-order valence-electron chi connectivity index (χ4n) is 3.85. The summed E-state index contributed by atoms with van der Waals surface area (Å²) in [5, 5.41) is 5.34. The Morgan fingerprint density at radius 3 is 2.83 bits per heavy atom. The fourth-order valence-corrected chi connectivity index (χ4v) is 4.81. The Balaban J connectivity index is 1.59. The summed E-state index contributed by atoms with van der Waals surface area (Å²) in [5.41, 5.74) is 2.87. The average molecular weight is 497 g/mol. The van der Waals surface area contributed by atoms with E-state index in [2.05, 4.69) is 15.3 Å². The number of benzene rings is 1. The second kappa shape index (κ2) is 11.3. The lowest BCUT2D eigenvalue weighted by molar-refractivity contribution is -0.141. The molecule has 2 aliphatic heterocycles. The molecular formula is C25H25FN4O4S. The van der Waals surface area contributed by atoms with Gasteiger partial charge in [0.25, 0.3) is 0 Å². The number of thioether (sulfide) groups is 1. The summed E-state index contributed by atoms with van der Waals surface area (Å²) >= 11 is 1.36. The number of ether oxygens (including phenoxy) is 2. The first-order valence-electron chi connectivity index (χ1n) is 11.0. The molecule has 0 aliphatic carbocycles. The summed E-state index contributed by atoms with van der Waals surface area (Å²) < 4.78 is 24.6. The van der Waals surface area contributed by atoms with Crippen molar-refractivity contribution in [1.29, 1.82) is 0 Å². The molecule has 10 heteroatoms. The van der Waals surface area contributed by atoms with E-state index < -0.39 is 17.8 Å². The highest BCUT2D eigenvalue weighted by Gasteiger charge is 2.41. The smallest absolute Gasteiger partial charge is 0.338 e. The van der Waals surface area contributed by atoms with Crippen molar-refractivity contribution < 1.29 is 23.5 Å². The minimum Gasteiger partial charge on any atom is -0.460 e. The number of halogens is 1. The first kappa shape index (κ1) is 24.6. The number of pyridine rings is 1. The van der Waals surface area contributed by atoms with Crippen molar-refractivity contribution in [2.45, 2.75) is 25.9 Å². The zero-order chi connectivity index (χ0) is 24.8. The molecule has 0 radical (unpaired) electrons. The third-order valence-electron chi connectivity index (χ3n) is 5.46. The number of amides is 1. The molecule has 1 N–H and O–H groups in total. The molecule has 2 aliphatic rings. The highest BCUT2D eigenvalue weighted by molar-refractivity contribution is 8.16. The van der Waals surface area contributed by atoms with Gasteiger partial charge in [0.15, 0.2) is 5.17 Å². The van der Waals surface area contributed by atoms with Gasteiger partial charge >= 0.3 is 5.97 Å². The third kappa shape index (κ3) is 5.77. The van der Waals surface area contributed by atoms with Gasteiger partial charge in [-0.25, -0.2) is 14.2 Å². The van der Waals surface area contributed by atoms with Gasteiger partial charge in [0.1, 0.15) is 12.4 Å². The third-order valence-corrected chi connectivity index (χ3v) is 6.35. The van der Waals surface area contributed by atoms with E-state index in [0.717, 1.165) is 5.56 Å². The van der Waals surface area contributed by atoms with Crippen LogP contribution < -0.4 is 5.32 Å². The number of hydrogen-bond acceptors (Lipinski definition) is 8. The van der Waals surface area contributed by atoms with E-state index in [1.54, 1.807) is 37.5 Å². The summed E-state index contributed by atoms with van der Waals surface area (Å²) in [7, 11) is 1.52. The van der Waals surface area contributed by atoms with Crippen LogP contribution in [0.15, 0.2) is 76.2 Å². The Labute approximate surface area is 206 Å². The normalized spacial score (nSPS) is 17.0. The maximum Gasteiger partial charge on any atom is 0.338 e. The van der Waals surface area contributed by atoms with Crippen LogP contribution in [0.1, 0.15) is 30.5 Å². The summed E-state index contributed by atoms with van der Waals surface area (Å²) in [5.74, 6) is -1.19. The number of nitrogens with one attached hydrogen (secondary N) is 1. The highest BCUT2D eigenvalue weighted by atomic mass is 32.2. The number of rotatable bonds is 9. The maximum absolute atomic E-state index is 14.2. The second-order valence-corrected chi connectivity index (χ2v) is 8.73. The topological polar surface area (TPSA) is 93.1 Å². The van der Waals surface area contributed by atoms with Crippen LogP contribution in [-0.4, -0.2) is 47.3 Å². The molecule has 1 atom stereocenters. The lowest BCUT2D eigenvalue weighted by Gasteiger charge is -2.36. The lowest BCUT2D eigenvalue weighted by Crippen LogP contribution is -2.38. The molecule has 0 bridgehead atoms. The molecule has 1 unspecified atom stereocenters. The van der Waals surface area contributed by atoms with Crippen LogP contribution in [0.25, 0.3) is 0 Å². The molecule has 1 aromatic heterocycles. The number of methoxy groups -OCH3 is 1. The van der Waals surface area contributed by atoms with Crippen LogP contribution in [0, 0.1) is 5.82 Å². The van der Waals surface area contributed by atoms with Crippen LogP contribution >= 0.6 is 11.8 Å². The Kier molecular flexibility index (Phi) is 7.94. The van der Waals surface area contributed by atoms with Gasteiger partial charge < -0.3 is 19.7 Å². The number of carbonyl (C=O) groups excluding carboxylic acids is 2. The molecule has 0 saturated carbocycles. The van der Waals surface area contributed by atoms with E-state index in [0.29, 0.717) is 34.2 Å². The van der Waals surface area contributed by atoms with Gasteiger partial charge in [-0.05, 0) is 41.7 Å². The van der Waals surface area contributed by atoms with Gasteiger partial charge in [-0.3, -0.25) is 9.78 Å². The molecule has 8 nitrogen and oxygen atoms in total. The zero-order valence-electron chi connectivity index (χ0n) is 19.4. The molecule has 4 rings (SSSR count). The minimum atomic E-state index is -0.694. The molecule has 0 saturated heterocycles. The minimum absolute atomic E-state index is 0.0587. The summed E-state index contributed by atoms with van der Waals surface area (Å²) in [6.45, 7) is 2.39. The number of aliphatic imine (C=N–C) groups is 1. The van der Waals surface area contributed by atoms with Crippen LogP contribution in [-0.2, 0) is 25.6 Å². The zero-order valence-corrected chi connectivity index (χ0v) is 20.2. The molecule has 0 fully saturated rings. The van der Waals surface area contributed by atoms with Crippen molar-refractivity contribution in [1.82, 2.24) is 15.2 Å². The molecule has 0 spiro atoms. The molecule has 1 amide bonds. The summed E-state index contributed by atoms with van der Waals surface area (Å²) in [4.78, 5) is 36.3. The molecule has 35 heavy (non-hydrogen) atoms. The Morgan fingerprint density at radius 1 is 1.23 bits per heavy atom. The van der Waals surface area contributed by atoms with E-state index in [4.69, 9.17) is 9.47 Å². The largest absolute Gasteiger partial charge is 0.460 e. The van der Waals surface area contributed by atoms with Gasteiger partial charge in [-0.1, -0.05) is 30.0 Å². The van der Waals surface area contributed by atoms with E-state index in [1.165, 1.54) is 31.0 Å². The van der Waals surface area contributed by atoms with Crippen LogP contribution in [0.4, 0.5) is 4.39 Å². The molecule has 182 valence electrons. The predicted octanol–water partition coefficient (Wildman–Crippen LogP) is 3.69. The first-order valence-corrected chi connectivity index (χ1v) is 11.9.